The number of hydrogen-bond donors (Lipinski definition) is 1. The minimum atomic E-state index is -4.47. The molecule has 0 spiro atoms. The molecule has 2 aromatic carbocycles. The van der Waals surface area contributed by atoms with Crippen molar-refractivity contribution in [3.63, 3.8) is 0 Å². The zero-order chi connectivity index (χ0) is 30.6. The number of aromatic nitrogens is 3. The van der Waals surface area contributed by atoms with E-state index in [-0.39, 0.29) is 17.7 Å². The normalized spacial score (nSPS) is 14.2. The molecule has 1 aliphatic heterocycles. The van der Waals surface area contributed by atoms with E-state index in [1.165, 1.54) is 0 Å². The lowest BCUT2D eigenvalue weighted by Gasteiger charge is -2.32. The predicted molar refractivity (Wildman–Crippen MR) is 153 cm³/mol. The molecule has 2 aromatic heterocycles. The minimum absolute atomic E-state index is 0.0262. The van der Waals surface area contributed by atoms with Crippen LogP contribution in [0.25, 0.3) is 10.9 Å². The second-order valence-electron chi connectivity index (χ2n) is 10.5. The molecule has 0 radical (unpaired) electrons. The van der Waals surface area contributed by atoms with E-state index in [2.05, 4.69) is 10.3 Å². The first-order chi connectivity index (χ1) is 20.6. The number of nitrogens with zero attached hydrogens (tertiary/aromatic N) is 4. The van der Waals surface area contributed by atoms with Crippen LogP contribution in [0, 0.1) is 12.8 Å². The van der Waals surface area contributed by atoms with Gasteiger partial charge >= 0.3 is 6.18 Å². The van der Waals surface area contributed by atoms with Gasteiger partial charge in [-0.2, -0.15) is 18.3 Å². The van der Waals surface area contributed by atoms with E-state index in [1.807, 2.05) is 28.8 Å². The number of piperidine rings is 1. The second-order valence-corrected chi connectivity index (χ2v) is 10.5. The quantitative estimate of drug-likeness (QED) is 0.258. The number of carbonyl (C=O) groups is 2. The Kier molecular flexibility index (Phi) is 8.95. The molecule has 0 atom stereocenters. The van der Waals surface area contributed by atoms with Crippen molar-refractivity contribution in [1.29, 1.82) is 0 Å². The number of likely N-dealkylation sites (tertiary alicyclic amines) is 1. The first-order valence-corrected chi connectivity index (χ1v) is 14.0. The summed E-state index contributed by atoms with van der Waals surface area (Å²) in [5.41, 5.74) is 1.98. The number of fused-ring (bicyclic) bond motifs is 1. The SMILES string of the molecule is COCCNC(=O)c1ccc2nn(CC3CCN(C(=O)c4ccc(Oc5ccc(C(F)(F)F)cn5)cc4)CC3)cc2c1C. The summed E-state index contributed by atoms with van der Waals surface area (Å²) in [6, 6.07) is 12.2. The topological polar surface area (TPSA) is 98.6 Å². The van der Waals surface area contributed by atoms with Crippen molar-refractivity contribution in [3.8, 4) is 11.6 Å². The van der Waals surface area contributed by atoms with Crippen molar-refractivity contribution >= 4 is 22.7 Å². The summed E-state index contributed by atoms with van der Waals surface area (Å²) >= 11 is 0. The van der Waals surface area contributed by atoms with Crippen LogP contribution in [-0.4, -0.2) is 64.8 Å². The minimum Gasteiger partial charge on any atom is -0.439 e. The molecule has 43 heavy (non-hydrogen) atoms. The smallest absolute Gasteiger partial charge is 0.417 e. The van der Waals surface area contributed by atoms with E-state index in [1.54, 1.807) is 37.4 Å². The van der Waals surface area contributed by atoms with Crippen LogP contribution in [0.15, 0.2) is 60.9 Å². The Hall–Kier alpha value is -4.45. The van der Waals surface area contributed by atoms with Crippen LogP contribution in [0.1, 0.15) is 44.7 Å². The van der Waals surface area contributed by atoms with E-state index in [0.29, 0.717) is 49.0 Å². The molecular formula is C31H32F3N5O4. The molecule has 4 aromatic rings. The zero-order valence-corrected chi connectivity index (χ0v) is 23.9. The van der Waals surface area contributed by atoms with Gasteiger partial charge in [-0.1, -0.05) is 0 Å². The van der Waals surface area contributed by atoms with E-state index < -0.39 is 11.7 Å². The number of amides is 2. The Morgan fingerprint density at radius 3 is 2.44 bits per heavy atom. The van der Waals surface area contributed by atoms with E-state index in [4.69, 9.17) is 14.6 Å². The van der Waals surface area contributed by atoms with Gasteiger partial charge in [-0.25, -0.2) is 4.98 Å². The van der Waals surface area contributed by atoms with Gasteiger partial charge in [0.2, 0.25) is 5.88 Å². The Bertz CT molecular complexity index is 1580. The van der Waals surface area contributed by atoms with Crippen LogP contribution < -0.4 is 10.1 Å². The monoisotopic (exact) mass is 595 g/mol. The number of hydrogen-bond acceptors (Lipinski definition) is 6. The number of ether oxygens (including phenoxy) is 2. The second kappa shape index (κ2) is 12.8. The average Bonchev–Trinajstić information content (AvgIpc) is 3.41. The molecule has 1 saturated heterocycles. The lowest BCUT2D eigenvalue weighted by Crippen LogP contribution is -2.39. The van der Waals surface area contributed by atoms with E-state index in [9.17, 15) is 22.8 Å². The van der Waals surface area contributed by atoms with E-state index >= 15 is 0 Å². The molecule has 5 rings (SSSR count). The molecule has 3 heterocycles. The van der Waals surface area contributed by atoms with Gasteiger partial charge in [0.25, 0.3) is 11.8 Å². The predicted octanol–water partition coefficient (Wildman–Crippen LogP) is 5.48. The molecule has 0 aliphatic carbocycles. The highest BCUT2D eigenvalue weighted by Crippen LogP contribution is 2.30. The third kappa shape index (κ3) is 7.14. The third-order valence-corrected chi connectivity index (χ3v) is 7.58. The molecule has 1 aliphatic rings. The van der Waals surface area contributed by atoms with E-state index in [0.717, 1.165) is 54.2 Å². The lowest BCUT2D eigenvalue weighted by molar-refractivity contribution is -0.137. The van der Waals surface area contributed by atoms with Gasteiger partial charge in [0.1, 0.15) is 5.75 Å². The fourth-order valence-corrected chi connectivity index (χ4v) is 5.14. The molecule has 1 fully saturated rings. The Labute approximate surface area is 246 Å². The highest BCUT2D eigenvalue weighted by atomic mass is 19.4. The average molecular weight is 596 g/mol. The molecule has 12 heteroatoms. The fraction of sp³-hybridized carbons (Fsp3) is 0.355. The summed E-state index contributed by atoms with van der Waals surface area (Å²) in [5.74, 6) is 0.512. The number of halogens is 3. The molecule has 1 N–H and O–H groups in total. The maximum Gasteiger partial charge on any atom is 0.417 e. The van der Waals surface area contributed by atoms with Crippen LogP contribution in [0.2, 0.25) is 0 Å². The van der Waals surface area contributed by atoms with Gasteiger partial charge in [-0.05, 0) is 73.7 Å². The van der Waals surface area contributed by atoms with Crippen LogP contribution >= 0.6 is 0 Å². The molecule has 2 amide bonds. The Morgan fingerprint density at radius 2 is 1.79 bits per heavy atom. The largest absolute Gasteiger partial charge is 0.439 e. The van der Waals surface area contributed by atoms with Crippen molar-refractivity contribution in [2.45, 2.75) is 32.5 Å². The van der Waals surface area contributed by atoms with Crippen molar-refractivity contribution in [2.75, 3.05) is 33.4 Å². The summed E-state index contributed by atoms with van der Waals surface area (Å²) in [4.78, 5) is 31.2. The molecule has 226 valence electrons. The molecule has 0 bridgehead atoms. The van der Waals surface area contributed by atoms with Gasteiger partial charge in [-0.3, -0.25) is 14.3 Å². The van der Waals surface area contributed by atoms with Gasteiger partial charge in [0.05, 0.1) is 17.7 Å². The number of carbonyl (C=O) groups excluding carboxylic acids is 2. The number of alkyl halides is 3. The maximum absolute atomic E-state index is 13.1. The lowest BCUT2D eigenvalue weighted by atomic mass is 9.96. The number of aryl methyl sites for hydroxylation is 1. The van der Waals surface area contributed by atoms with Crippen molar-refractivity contribution in [3.05, 3.63) is 83.2 Å². The van der Waals surface area contributed by atoms with Crippen molar-refractivity contribution in [1.82, 2.24) is 25.0 Å². The number of benzene rings is 2. The third-order valence-electron chi connectivity index (χ3n) is 7.58. The molecule has 0 unspecified atom stereocenters. The van der Waals surface area contributed by atoms with Crippen LogP contribution in [0.5, 0.6) is 11.6 Å². The van der Waals surface area contributed by atoms with Crippen molar-refractivity contribution < 1.29 is 32.2 Å². The van der Waals surface area contributed by atoms with Gasteiger partial charge in [0, 0.05) is 68.3 Å². The maximum atomic E-state index is 13.1. The first-order valence-electron chi connectivity index (χ1n) is 14.0. The Balaban J connectivity index is 1.14. The number of nitrogens with one attached hydrogen (secondary N) is 1. The number of pyridine rings is 1. The summed E-state index contributed by atoms with van der Waals surface area (Å²) < 4.78 is 50.6. The summed E-state index contributed by atoms with van der Waals surface area (Å²) in [6.45, 7) is 4.76. The van der Waals surface area contributed by atoms with Crippen LogP contribution in [0.4, 0.5) is 13.2 Å². The molecular weight excluding hydrogens is 563 g/mol. The van der Waals surface area contributed by atoms with Gasteiger partial charge in [0.15, 0.2) is 0 Å². The van der Waals surface area contributed by atoms with Gasteiger partial charge < -0.3 is 19.7 Å². The highest BCUT2D eigenvalue weighted by Gasteiger charge is 2.31. The Morgan fingerprint density at radius 1 is 1.05 bits per heavy atom. The summed E-state index contributed by atoms with van der Waals surface area (Å²) in [5, 5.41) is 8.51. The highest BCUT2D eigenvalue weighted by molar-refractivity contribution is 6.00. The summed E-state index contributed by atoms with van der Waals surface area (Å²) in [6.07, 6.45) is -0.110. The van der Waals surface area contributed by atoms with Crippen LogP contribution in [0.3, 0.4) is 0 Å². The molecule has 0 saturated carbocycles. The molecule has 9 nitrogen and oxygen atoms in total. The standard InChI is InChI=1S/C31H32F3N5O4/c1-20-25(29(40)35-13-16-42-2)8-9-27-26(20)19-39(37-27)18-21-11-14-38(15-12-21)30(41)22-3-6-24(7-4-22)43-28-10-5-23(17-36-28)31(32,33)34/h3-10,17,19,21H,11-16,18H2,1-2H3,(H,35,40). The zero-order valence-electron chi connectivity index (χ0n) is 23.9. The number of rotatable bonds is 9. The summed E-state index contributed by atoms with van der Waals surface area (Å²) in [7, 11) is 1.59. The number of methoxy groups -OCH3 is 1. The van der Waals surface area contributed by atoms with Crippen molar-refractivity contribution in [2.24, 2.45) is 5.92 Å². The van der Waals surface area contributed by atoms with Gasteiger partial charge in [-0.15, -0.1) is 0 Å². The first kappa shape index (κ1) is 30.0. The fourth-order valence-electron chi connectivity index (χ4n) is 5.14. The van der Waals surface area contributed by atoms with Crippen LogP contribution in [-0.2, 0) is 17.5 Å².